The number of halogens is 1. The quantitative estimate of drug-likeness (QED) is 0.785. The molecule has 20 heavy (non-hydrogen) atoms. The number of nitrogens with zero attached hydrogens (tertiary/aromatic N) is 3. The molecule has 2 N–H and O–H groups in total. The van der Waals surface area contributed by atoms with Crippen molar-refractivity contribution in [2.75, 3.05) is 0 Å². The Morgan fingerprint density at radius 1 is 1.30 bits per heavy atom. The molecule has 108 valence electrons. The molecule has 0 spiro atoms. The first-order chi connectivity index (χ1) is 9.30. The largest absolute Gasteiger partial charge is 0.296 e. The highest BCUT2D eigenvalue weighted by molar-refractivity contribution is 14.1. The molecule has 6 nitrogen and oxygen atoms in total. The average Bonchev–Trinajstić information content (AvgIpc) is 2.72. The van der Waals surface area contributed by atoms with Crippen molar-refractivity contribution in [2.24, 2.45) is 11.1 Å². The van der Waals surface area contributed by atoms with Crippen molar-refractivity contribution in [1.29, 1.82) is 0 Å². The van der Waals surface area contributed by atoms with E-state index in [0.29, 0.717) is 12.4 Å². The van der Waals surface area contributed by atoms with Gasteiger partial charge in [0.25, 0.3) is 15.2 Å². The van der Waals surface area contributed by atoms with Crippen LogP contribution in [0, 0.1) is 9.49 Å². The van der Waals surface area contributed by atoms with Gasteiger partial charge in [0, 0.05) is 15.7 Å². The van der Waals surface area contributed by atoms with Gasteiger partial charge >= 0.3 is 0 Å². The summed E-state index contributed by atoms with van der Waals surface area (Å²) in [5.74, 6) is 0.763. The number of hydrogen-bond acceptors (Lipinski definition) is 4. The number of aromatic nitrogens is 3. The fraction of sp³-hybridized carbons (Fsp3) is 0.333. The van der Waals surface area contributed by atoms with Crippen LogP contribution in [0.4, 0.5) is 0 Å². The summed E-state index contributed by atoms with van der Waals surface area (Å²) in [5, 5.41) is 12.8. The van der Waals surface area contributed by atoms with Crippen LogP contribution in [0.2, 0.25) is 0 Å². The molecule has 0 fully saturated rings. The van der Waals surface area contributed by atoms with Crippen LogP contribution in [0.15, 0.2) is 29.4 Å². The minimum Gasteiger partial charge on any atom is -0.296 e. The standard InChI is InChI=1S/C12H15IN4O2S/c1-8(2)7-17-11(9-5-3-4-6-10(9)13)15-16-12(17)20(14,18)19/h3-6,8H,7H2,1-2H3,(H2,14,18,19). The Hall–Kier alpha value is -1.00. The van der Waals surface area contributed by atoms with Gasteiger partial charge in [0.2, 0.25) is 0 Å². The number of primary sulfonamides is 1. The van der Waals surface area contributed by atoms with Gasteiger partial charge in [0.05, 0.1) is 0 Å². The molecule has 2 rings (SSSR count). The summed E-state index contributed by atoms with van der Waals surface area (Å²) < 4.78 is 25.8. The van der Waals surface area contributed by atoms with Gasteiger partial charge in [-0.3, -0.25) is 4.57 Å². The Morgan fingerprint density at radius 2 is 1.95 bits per heavy atom. The second kappa shape index (κ2) is 5.78. The van der Waals surface area contributed by atoms with E-state index >= 15 is 0 Å². The Kier molecular flexibility index (Phi) is 4.45. The molecule has 0 aliphatic rings. The summed E-state index contributed by atoms with van der Waals surface area (Å²) in [6.07, 6.45) is 0. The molecule has 8 heteroatoms. The molecule has 1 heterocycles. The summed E-state index contributed by atoms with van der Waals surface area (Å²) in [4.78, 5) is 0. The lowest BCUT2D eigenvalue weighted by Gasteiger charge is -2.12. The number of hydrogen-bond donors (Lipinski definition) is 1. The fourth-order valence-corrected chi connectivity index (χ4v) is 3.12. The van der Waals surface area contributed by atoms with E-state index in [1.807, 2.05) is 38.1 Å². The van der Waals surface area contributed by atoms with Crippen LogP contribution in [0.25, 0.3) is 11.4 Å². The summed E-state index contributed by atoms with van der Waals surface area (Å²) in [7, 11) is -3.89. The number of sulfonamides is 1. The fourth-order valence-electron chi connectivity index (χ4n) is 1.87. The normalized spacial score (nSPS) is 12.1. The Bertz CT molecular complexity index is 725. The zero-order valence-corrected chi connectivity index (χ0v) is 14.1. The zero-order valence-electron chi connectivity index (χ0n) is 11.1. The monoisotopic (exact) mass is 406 g/mol. The van der Waals surface area contributed by atoms with Gasteiger partial charge in [-0.15, -0.1) is 10.2 Å². The van der Waals surface area contributed by atoms with E-state index in [2.05, 4.69) is 32.8 Å². The van der Waals surface area contributed by atoms with Gasteiger partial charge in [-0.05, 0) is 34.6 Å². The first kappa shape index (κ1) is 15.4. The lowest BCUT2D eigenvalue weighted by molar-refractivity contribution is 0.486. The van der Waals surface area contributed by atoms with Crippen LogP contribution in [0.3, 0.4) is 0 Å². The van der Waals surface area contributed by atoms with E-state index in [9.17, 15) is 8.42 Å². The SMILES string of the molecule is CC(C)Cn1c(-c2ccccc2I)nnc1S(N)(=O)=O. The van der Waals surface area contributed by atoms with Crippen molar-refractivity contribution in [3.63, 3.8) is 0 Å². The highest BCUT2D eigenvalue weighted by Crippen LogP contribution is 2.25. The molecular formula is C12H15IN4O2S. The van der Waals surface area contributed by atoms with Gasteiger partial charge in [-0.2, -0.15) is 0 Å². The third kappa shape index (κ3) is 3.18. The van der Waals surface area contributed by atoms with E-state index in [-0.39, 0.29) is 11.1 Å². The molecule has 1 aromatic carbocycles. The lowest BCUT2D eigenvalue weighted by atomic mass is 10.2. The summed E-state index contributed by atoms with van der Waals surface area (Å²) >= 11 is 2.18. The van der Waals surface area contributed by atoms with Crippen molar-refractivity contribution < 1.29 is 8.42 Å². The molecule has 0 saturated carbocycles. The zero-order chi connectivity index (χ0) is 14.9. The van der Waals surface area contributed by atoms with Crippen molar-refractivity contribution in [2.45, 2.75) is 25.5 Å². The van der Waals surface area contributed by atoms with Gasteiger partial charge < -0.3 is 0 Å². The summed E-state index contributed by atoms with van der Waals surface area (Å²) in [6, 6.07) is 7.61. The third-order valence-electron chi connectivity index (χ3n) is 2.63. The minimum atomic E-state index is -3.89. The first-order valence-electron chi connectivity index (χ1n) is 6.01. The highest BCUT2D eigenvalue weighted by Gasteiger charge is 2.23. The molecule has 0 aliphatic heterocycles. The van der Waals surface area contributed by atoms with Crippen LogP contribution in [-0.2, 0) is 16.6 Å². The summed E-state index contributed by atoms with van der Waals surface area (Å²) in [5.41, 5.74) is 0.844. The maximum absolute atomic E-state index is 11.6. The first-order valence-corrected chi connectivity index (χ1v) is 8.64. The van der Waals surface area contributed by atoms with E-state index in [1.165, 1.54) is 0 Å². The second-order valence-electron chi connectivity index (χ2n) is 4.84. The van der Waals surface area contributed by atoms with Crippen LogP contribution in [0.1, 0.15) is 13.8 Å². The van der Waals surface area contributed by atoms with Gasteiger partial charge in [-0.1, -0.05) is 32.0 Å². The maximum atomic E-state index is 11.6. The predicted octanol–water partition coefficient (Wildman–Crippen LogP) is 1.85. The van der Waals surface area contributed by atoms with Crippen LogP contribution in [-0.4, -0.2) is 23.2 Å². The Balaban J connectivity index is 2.66. The topological polar surface area (TPSA) is 90.9 Å². The molecule has 0 aliphatic carbocycles. The lowest BCUT2D eigenvalue weighted by Crippen LogP contribution is -2.20. The molecular weight excluding hydrogens is 391 g/mol. The molecule has 2 aromatic rings. The van der Waals surface area contributed by atoms with Crippen molar-refractivity contribution in [1.82, 2.24) is 14.8 Å². The van der Waals surface area contributed by atoms with E-state index in [4.69, 9.17) is 5.14 Å². The Labute approximate surface area is 131 Å². The maximum Gasteiger partial charge on any atom is 0.273 e. The second-order valence-corrected chi connectivity index (χ2v) is 7.45. The highest BCUT2D eigenvalue weighted by atomic mass is 127. The average molecular weight is 406 g/mol. The summed E-state index contributed by atoms with van der Waals surface area (Å²) in [6.45, 7) is 4.47. The van der Waals surface area contributed by atoms with Gasteiger partial charge in [0.15, 0.2) is 5.82 Å². The molecule has 0 saturated heterocycles. The van der Waals surface area contributed by atoms with Crippen LogP contribution in [0.5, 0.6) is 0 Å². The van der Waals surface area contributed by atoms with Gasteiger partial charge in [-0.25, -0.2) is 13.6 Å². The van der Waals surface area contributed by atoms with Crippen LogP contribution >= 0.6 is 22.6 Å². The molecule has 0 radical (unpaired) electrons. The van der Waals surface area contributed by atoms with E-state index in [0.717, 1.165) is 9.13 Å². The molecule has 0 bridgehead atoms. The molecule has 0 unspecified atom stereocenters. The van der Waals surface area contributed by atoms with Crippen molar-refractivity contribution in [3.05, 3.63) is 27.8 Å². The van der Waals surface area contributed by atoms with Crippen LogP contribution < -0.4 is 5.14 Å². The van der Waals surface area contributed by atoms with E-state index in [1.54, 1.807) is 4.57 Å². The molecule has 0 amide bonds. The molecule has 1 aromatic heterocycles. The minimum absolute atomic E-state index is 0.194. The third-order valence-corrected chi connectivity index (χ3v) is 4.39. The van der Waals surface area contributed by atoms with Crippen molar-refractivity contribution >= 4 is 32.6 Å². The predicted molar refractivity (Wildman–Crippen MR) is 84.4 cm³/mol. The number of benzene rings is 1. The van der Waals surface area contributed by atoms with Gasteiger partial charge in [0.1, 0.15) is 0 Å². The Morgan fingerprint density at radius 3 is 2.50 bits per heavy atom. The smallest absolute Gasteiger partial charge is 0.273 e. The number of rotatable bonds is 4. The molecule has 0 atom stereocenters. The number of nitrogens with two attached hydrogens (primary N) is 1. The van der Waals surface area contributed by atoms with Crippen molar-refractivity contribution in [3.8, 4) is 11.4 Å². The van der Waals surface area contributed by atoms with E-state index < -0.39 is 10.0 Å².